The van der Waals surface area contributed by atoms with Crippen LogP contribution in [-0.4, -0.2) is 30.5 Å². The van der Waals surface area contributed by atoms with E-state index in [1.807, 2.05) is 0 Å². The highest BCUT2D eigenvalue weighted by Gasteiger charge is 2.50. The Kier molecular flexibility index (Phi) is 1.89. The molecule has 0 spiro atoms. The van der Waals surface area contributed by atoms with Crippen LogP contribution in [0.1, 0.15) is 12.8 Å². The van der Waals surface area contributed by atoms with Crippen LogP contribution in [-0.2, 0) is 9.47 Å². The molecule has 0 N–H and O–H groups in total. The third-order valence-corrected chi connectivity index (χ3v) is 2.50. The Morgan fingerprint density at radius 3 is 3.00 bits per heavy atom. The van der Waals surface area contributed by atoms with Crippen molar-refractivity contribution in [3.05, 3.63) is 0 Å². The number of rotatable bonds is 3. The molecule has 10 heavy (non-hydrogen) atoms. The average molecular weight is 160 g/mol. The Bertz CT molecular complexity index is 129. The lowest BCUT2D eigenvalue weighted by Crippen LogP contribution is -2.15. The van der Waals surface area contributed by atoms with Crippen molar-refractivity contribution in [2.75, 3.05) is 12.2 Å². The van der Waals surface area contributed by atoms with Crippen molar-refractivity contribution in [1.29, 1.82) is 0 Å². The molecule has 0 amide bonds. The SMILES string of the molecule is CSCO[C@@H]1CC[C@@H]2O[C@@H]21. The van der Waals surface area contributed by atoms with Crippen LogP contribution >= 0.6 is 11.8 Å². The van der Waals surface area contributed by atoms with Crippen LogP contribution in [0.5, 0.6) is 0 Å². The molecule has 3 atom stereocenters. The van der Waals surface area contributed by atoms with Gasteiger partial charge in [0.2, 0.25) is 0 Å². The van der Waals surface area contributed by atoms with E-state index in [0.717, 1.165) is 5.94 Å². The van der Waals surface area contributed by atoms with Crippen LogP contribution in [0.15, 0.2) is 0 Å². The second-order valence-corrected chi connectivity index (χ2v) is 3.64. The molecule has 0 aromatic heterocycles. The summed E-state index contributed by atoms with van der Waals surface area (Å²) >= 11 is 1.73. The van der Waals surface area contributed by atoms with Crippen molar-refractivity contribution in [1.82, 2.24) is 0 Å². The zero-order chi connectivity index (χ0) is 6.97. The number of thioether (sulfide) groups is 1. The summed E-state index contributed by atoms with van der Waals surface area (Å²) in [6.07, 6.45) is 5.91. The molecule has 2 fully saturated rings. The second kappa shape index (κ2) is 2.72. The van der Waals surface area contributed by atoms with Gasteiger partial charge in [0.25, 0.3) is 0 Å². The van der Waals surface area contributed by atoms with Crippen LogP contribution in [0.4, 0.5) is 0 Å². The van der Waals surface area contributed by atoms with Gasteiger partial charge in [-0.25, -0.2) is 0 Å². The van der Waals surface area contributed by atoms with Gasteiger partial charge in [0.1, 0.15) is 6.10 Å². The highest BCUT2D eigenvalue weighted by atomic mass is 32.2. The predicted octanol–water partition coefficient (Wildman–Crippen LogP) is 1.25. The Labute approximate surface area is 65.3 Å². The van der Waals surface area contributed by atoms with E-state index in [2.05, 4.69) is 6.26 Å². The number of fused-ring (bicyclic) bond motifs is 1. The van der Waals surface area contributed by atoms with Crippen LogP contribution in [0.25, 0.3) is 0 Å². The van der Waals surface area contributed by atoms with Crippen LogP contribution in [0.3, 0.4) is 0 Å². The molecule has 0 unspecified atom stereocenters. The van der Waals surface area contributed by atoms with Gasteiger partial charge >= 0.3 is 0 Å². The molecule has 1 aliphatic heterocycles. The normalized spacial score (nSPS) is 43.5. The summed E-state index contributed by atoms with van der Waals surface area (Å²) in [5.74, 6) is 0.817. The maximum absolute atomic E-state index is 5.54. The van der Waals surface area contributed by atoms with E-state index < -0.39 is 0 Å². The van der Waals surface area contributed by atoms with E-state index in [1.54, 1.807) is 11.8 Å². The van der Waals surface area contributed by atoms with E-state index in [4.69, 9.17) is 9.47 Å². The van der Waals surface area contributed by atoms with E-state index in [9.17, 15) is 0 Å². The Balaban J connectivity index is 1.72. The molecular formula is C7H12O2S. The fourth-order valence-electron chi connectivity index (χ4n) is 1.54. The zero-order valence-corrected chi connectivity index (χ0v) is 6.89. The van der Waals surface area contributed by atoms with Gasteiger partial charge < -0.3 is 9.47 Å². The summed E-state index contributed by atoms with van der Waals surface area (Å²) in [6.45, 7) is 0. The maximum Gasteiger partial charge on any atom is 0.110 e. The van der Waals surface area contributed by atoms with Crippen molar-refractivity contribution in [3.63, 3.8) is 0 Å². The summed E-state index contributed by atoms with van der Waals surface area (Å²) in [7, 11) is 0. The number of hydrogen-bond donors (Lipinski definition) is 0. The molecule has 1 saturated heterocycles. The molecule has 0 aromatic rings. The first-order chi connectivity index (χ1) is 4.92. The van der Waals surface area contributed by atoms with Gasteiger partial charge in [-0.15, -0.1) is 11.8 Å². The van der Waals surface area contributed by atoms with Crippen molar-refractivity contribution < 1.29 is 9.47 Å². The minimum absolute atomic E-state index is 0.414. The van der Waals surface area contributed by atoms with Crippen molar-refractivity contribution >= 4 is 11.8 Å². The molecular weight excluding hydrogens is 148 g/mol. The Morgan fingerprint density at radius 1 is 1.60 bits per heavy atom. The van der Waals surface area contributed by atoms with Crippen LogP contribution in [0, 0.1) is 0 Å². The van der Waals surface area contributed by atoms with E-state index in [1.165, 1.54) is 12.8 Å². The molecule has 2 aliphatic rings. The molecule has 3 heteroatoms. The van der Waals surface area contributed by atoms with Crippen molar-refractivity contribution in [3.8, 4) is 0 Å². The van der Waals surface area contributed by atoms with Gasteiger partial charge in [0, 0.05) is 0 Å². The summed E-state index contributed by atoms with van der Waals surface area (Å²) in [4.78, 5) is 0. The monoisotopic (exact) mass is 160 g/mol. The zero-order valence-electron chi connectivity index (χ0n) is 6.08. The topological polar surface area (TPSA) is 21.8 Å². The first kappa shape index (κ1) is 6.95. The molecule has 1 heterocycles. The predicted molar refractivity (Wildman–Crippen MR) is 41.2 cm³/mol. The minimum atomic E-state index is 0.414. The molecule has 58 valence electrons. The third-order valence-electron chi connectivity index (χ3n) is 2.12. The first-order valence-corrected chi connectivity index (χ1v) is 5.07. The number of ether oxygens (including phenoxy) is 2. The summed E-state index contributed by atoms with van der Waals surface area (Å²) < 4.78 is 10.9. The van der Waals surface area contributed by atoms with Gasteiger partial charge in [-0.2, -0.15) is 0 Å². The fraction of sp³-hybridized carbons (Fsp3) is 1.00. The van der Waals surface area contributed by atoms with E-state index in [0.29, 0.717) is 18.3 Å². The van der Waals surface area contributed by atoms with Crippen LogP contribution < -0.4 is 0 Å². The molecule has 2 rings (SSSR count). The number of epoxide rings is 1. The molecule has 1 aliphatic carbocycles. The van der Waals surface area contributed by atoms with E-state index >= 15 is 0 Å². The molecule has 1 saturated carbocycles. The molecule has 0 bridgehead atoms. The minimum Gasteiger partial charge on any atom is -0.367 e. The second-order valence-electron chi connectivity index (χ2n) is 2.83. The van der Waals surface area contributed by atoms with Gasteiger partial charge in [0.15, 0.2) is 0 Å². The van der Waals surface area contributed by atoms with E-state index in [-0.39, 0.29) is 0 Å². The number of hydrogen-bond acceptors (Lipinski definition) is 3. The third kappa shape index (κ3) is 1.18. The largest absolute Gasteiger partial charge is 0.367 e. The lowest BCUT2D eigenvalue weighted by Gasteiger charge is -2.09. The molecule has 0 radical (unpaired) electrons. The highest BCUT2D eigenvalue weighted by Crippen LogP contribution is 2.40. The molecule has 0 aromatic carbocycles. The average Bonchev–Trinajstić information content (AvgIpc) is 2.63. The standard InChI is InChI=1S/C7H12O2S/c1-10-4-8-5-2-3-6-7(5)9-6/h5-7H,2-4H2,1H3/t5-,6+,7-/m1/s1. The molecule has 2 nitrogen and oxygen atoms in total. The lowest BCUT2D eigenvalue weighted by molar-refractivity contribution is 0.0571. The Hall–Kier alpha value is 0.270. The summed E-state index contributed by atoms with van der Waals surface area (Å²) in [5, 5.41) is 0. The Morgan fingerprint density at radius 2 is 2.50 bits per heavy atom. The van der Waals surface area contributed by atoms with Gasteiger partial charge in [-0.1, -0.05) is 0 Å². The van der Waals surface area contributed by atoms with Crippen LogP contribution in [0.2, 0.25) is 0 Å². The smallest absolute Gasteiger partial charge is 0.110 e. The summed E-state index contributed by atoms with van der Waals surface area (Å²) in [6, 6.07) is 0. The summed E-state index contributed by atoms with van der Waals surface area (Å²) in [5.41, 5.74) is 0. The fourth-order valence-corrected chi connectivity index (χ4v) is 1.85. The van der Waals surface area contributed by atoms with Gasteiger partial charge in [0.05, 0.1) is 18.1 Å². The quantitative estimate of drug-likeness (QED) is 0.458. The van der Waals surface area contributed by atoms with Gasteiger partial charge in [-0.3, -0.25) is 0 Å². The maximum atomic E-state index is 5.54. The van der Waals surface area contributed by atoms with Gasteiger partial charge in [-0.05, 0) is 19.1 Å². The first-order valence-electron chi connectivity index (χ1n) is 3.68. The highest BCUT2D eigenvalue weighted by molar-refractivity contribution is 7.98. The lowest BCUT2D eigenvalue weighted by atomic mass is 10.3. The van der Waals surface area contributed by atoms with Crippen molar-refractivity contribution in [2.24, 2.45) is 0 Å². The van der Waals surface area contributed by atoms with Crippen molar-refractivity contribution in [2.45, 2.75) is 31.2 Å².